The van der Waals surface area contributed by atoms with Crippen LogP contribution < -0.4 is 4.74 Å². The van der Waals surface area contributed by atoms with Gasteiger partial charge in [-0.1, -0.05) is 26.0 Å². The molecule has 0 aromatic heterocycles. The molecule has 2 heteroatoms. The van der Waals surface area contributed by atoms with Crippen molar-refractivity contribution in [2.24, 2.45) is 0 Å². The fraction of sp³-hybridized carbons (Fsp3) is 0.500. The van der Waals surface area contributed by atoms with Crippen LogP contribution >= 0.6 is 0 Å². The van der Waals surface area contributed by atoms with Crippen LogP contribution in [0.3, 0.4) is 0 Å². The van der Waals surface area contributed by atoms with Gasteiger partial charge in [0.05, 0.1) is 12.7 Å². The molecule has 1 atom stereocenters. The van der Waals surface area contributed by atoms with Crippen molar-refractivity contribution in [3.05, 3.63) is 29.8 Å². The third-order valence-corrected chi connectivity index (χ3v) is 2.61. The second kappa shape index (κ2) is 6.90. The number of hydrogen-bond donors (Lipinski definition) is 0. The Morgan fingerprint density at radius 3 is 2.56 bits per heavy atom. The molecule has 0 saturated carbocycles. The van der Waals surface area contributed by atoms with Crippen LogP contribution in [0, 0.1) is 11.3 Å². The Bertz CT molecular complexity index is 337. The van der Waals surface area contributed by atoms with Crippen molar-refractivity contribution in [1.82, 2.24) is 0 Å². The zero-order valence-corrected chi connectivity index (χ0v) is 10.1. The quantitative estimate of drug-likeness (QED) is 0.724. The average Bonchev–Trinajstić information content (AvgIpc) is 2.34. The highest BCUT2D eigenvalue weighted by Crippen LogP contribution is 2.22. The minimum atomic E-state index is 0.444. The summed E-state index contributed by atoms with van der Waals surface area (Å²) in [4.78, 5) is 0. The van der Waals surface area contributed by atoms with Crippen molar-refractivity contribution in [3.8, 4) is 11.8 Å². The van der Waals surface area contributed by atoms with Crippen LogP contribution in [0.2, 0.25) is 0 Å². The standard InChI is InChI=1S/C14H19NO/c1-3-11-16-14-8-6-13(7-9-14)12(2)5-4-10-15/h6-9,12H,3-5,11H2,1-2H3. The van der Waals surface area contributed by atoms with E-state index in [-0.39, 0.29) is 0 Å². The lowest BCUT2D eigenvalue weighted by atomic mass is 9.96. The molecular formula is C14H19NO. The number of nitriles is 1. The Morgan fingerprint density at radius 1 is 1.31 bits per heavy atom. The number of rotatable bonds is 6. The second-order valence-electron chi connectivity index (χ2n) is 4.02. The SMILES string of the molecule is CCCOc1ccc(C(C)CCC#N)cc1. The van der Waals surface area contributed by atoms with E-state index in [1.165, 1.54) is 5.56 Å². The van der Waals surface area contributed by atoms with Gasteiger partial charge in [-0.3, -0.25) is 0 Å². The summed E-state index contributed by atoms with van der Waals surface area (Å²) in [5, 5.41) is 8.53. The van der Waals surface area contributed by atoms with E-state index in [2.05, 4.69) is 32.0 Å². The number of ether oxygens (including phenoxy) is 1. The molecule has 1 aromatic rings. The molecule has 2 nitrogen and oxygen atoms in total. The van der Waals surface area contributed by atoms with E-state index >= 15 is 0 Å². The van der Waals surface area contributed by atoms with Crippen molar-refractivity contribution in [1.29, 1.82) is 5.26 Å². The Morgan fingerprint density at radius 2 is 2.00 bits per heavy atom. The first-order valence-electron chi connectivity index (χ1n) is 5.87. The first-order chi connectivity index (χ1) is 7.77. The fourth-order valence-electron chi connectivity index (χ4n) is 1.56. The Balaban J connectivity index is 2.53. The van der Waals surface area contributed by atoms with E-state index < -0.39 is 0 Å². The van der Waals surface area contributed by atoms with Gasteiger partial charge in [-0.15, -0.1) is 0 Å². The zero-order valence-electron chi connectivity index (χ0n) is 10.1. The van der Waals surface area contributed by atoms with Crippen LogP contribution in [0.25, 0.3) is 0 Å². The molecule has 16 heavy (non-hydrogen) atoms. The molecule has 0 aliphatic heterocycles. The van der Waals surface area contributed by atoms with Gasteiger partial charge < -0.3 is 4.74 Å². The molecule has 0 amide bonds. The van der Waals surface area contributed by atoms with Crippen LogP contribution in [-0.2, 0) is 0 Å². The summed E-state index contributed by atoms with van der Waals surface area (Å²) >= 11 is 0. The molecule has 1 rings (SSSR count). The van der Waals surface area contributed by atoms with E-state index in [1.54, 1.807) is 0 Å². The minimum Gasteiger partial charge on any atom is -0.494 e. The van der Waals surface area contributed by atoms with Crippen LogP contribution in [0.1, 0.15) is 44.6 Å². The van der Waals surface area contributed by atoms with Crippen molar-refractivity contribution in [2.45, 2.75) is 39.0 Å². The second-order valence-corrected chi connectivity index (χ2v) is 4.02. The predicted octanol–water partition coefficient (Wildman–Crippen LogP) is 3.88. The largest absolute Gasteiger partial charge is 0.494 e. The van der Waals surface area contributed by atoms with E-state index in [4.69, 9.17) is 10.00 Å². The topological polar surface area (TPSA) is 33.0 Å². The van der Waals surface area contributed by atoms with Gasteiger partial charge in [-0.05, 0) is 36.5 Å². The predicted molar refractivity (Wildman–Crippen MR) is 65.5 cm³/mol. The summed E-state index contributed by atoms with van der Waals surface area (Å²) < 4.78 is 5.52. The molecule has 1 unspecified atom stereocenters. The highest BCUT2D eigenvalue weighted by molar-refractivity contribution is 5.29. The highest BCUT2D eigenvalue weighted by Gasteiger charge is 2.04. The van der Waals surface area contributed by atoms with Crippen LogP contribution in [-0.4, -0.2) is 6.61 Å². The van der Waals surface area contributed by atoms with Crippen molar-refractivity contribution < 1.29 is 4.74 Å². The van der Waals surface area contributed by atoms with Crippen molar-refractivity contribution >= 4 is 0 Å². The van der Waals surface area contributed by atoms with Crippen molar-refractivity contribution in [3.63, 3.8) is 0 Å². The molecule has 86 valence electrons. The van der Waals surface area contributed by atoms with Crippen LogP contribution in [0.4, 0.5) is 0 Å². The summed E-state index contributed by atoms with van der Waals surface area (Å²) in [5.41, 5.74) is 1.28. The van der Waals surface area contributed by atoms with Crippen molar-refractivity contribution in [2.75, 3.05) is 6.61 Å². The Hall–Kier alpha value is -1.49. The lowest BCUT2D eigenvalue weighted by molar-refractivity contribution is 0.317. The van der Waals surface area contributed by atoms with Gasteiger partial charge in [0.2, 0.25) is 0 Å². The summed E-state index contributed by atoms with van der Waals surface area (Å²) in [5.74, 6) is 1.37. The summed E-state index contributed by atoms with van der Waals surface area (Å²) in [6.07, 6.45) is 2.57. The molecule has 0 spiro atoms. The van der Waals surface area contributed by atoms with Crippen LogP contribution in [0.5, 0.6) is 5.75 Å². The molecule has 0 heterocycles. The van der Waals surface area contributed by atoms with Gasteiger partial charge >= 0.3 is 0 Å². The molecule has 0 bridgehead atoms. The normalized spacial score (nSPS) is 11.8. The summed E-state index contributed by atoms with van der Waals surface area (Å²) in [7, 11) is 0. The van der Waals surface area contributed by atoms with Gasteiger partial charge in [-0.2, -0.15) is 5.26 Å². The maximum atomic E-state index is 8.53. The molecule has 0 fully saturated rings. The monoisotopic (exact) mass is 217 g/mol. The Labute approximate surface area is 97.9 Å². The Kier molecular flexibility index (Phi) is 5.42. The number of nitrogens with zero attached hydrogens (tertiary/aromatic N) is 1. The average molecular weight is 217 g/mol. The van der Waals surface area contributed by atoms with Crippen LogP contribution in [0.15, 0.2) is 24.3 Å². The van der Waals surface area contributed by atoms with E-state index in [1.807, 2.05) is 12.1 Å². The van der Waals surface area contributed by atoms with Gasteiger partial charge in [0.25, 0.3) is 0 Å². The lowest BCUT2D eigenvalue weighted by Crippen LogP contribution is -1.96. The number of hydrogen-bond acceptors (Lipinski definition) is 2. The molecule has 0 radical (unpaired) electrons. The number of benzene rings is 1. The van der Waals surface area contributed by atoms with E-state index in [0.717, 1.165) is 25.2 Å². The van der Waals surface area contributed by atoms with Gasteiger partial charge in [0.1, 0.15) is 5.75 Å². The third-order valence-electron chi connectivity index (χ3n) is 2.61. The molecule has 0 N–H and O–H groups in total. The third kappa shape index (κ3) is 3.94. The van der Waals surface area contributed by atoms with Gasteiger partial charge in [0, 0.05) is 6.42 Å². The molecule has 1 aromatic carbocycles. The molecule has 0 aliphatic carbocycles. The zero-order chi connectivity index (χ0) is 11.8. The maximum Gasteiger partial charge on any atom is 0.119 e. The molecule has 0 aliphatic rings. The first-order valence-corrected chi connectivity index (χ1v) is 5.87. The highest BCUT2D eigenvalue weighted by atomic mass is 16.5. The van der Waals surface area contributed by atoms with Gasteiger partial charge in [0.15, 0.2) is 0 Å². The maximum absolute atomic E-state index is 8.53. The molecule has 0 saturated heterocycles. The van der Waals surface area contributed by atoms with E-state index in [0.29, 0.717) is 12.3 Å². The minimum absolute atomic E-state index is 0.444. The first kappa shape index (κ1) is 12.6. The van der Waals surface area contributed by atoms with E-state index in [9.17, 15) is 0 Å². The fourth-order valence-corrected chi connectivity index (χ4v) is 1.56. The summed E-state index contributed by atoms with van der Waals surface area (Å²) in [6.45, 7) is 5.01. The lowest BCUT2D eigenvalue weighted by Gasteiger charge is -2.11. The van der Waals surface area contributed by atoms with Gasteiger partial charge in [-0.25, -0.2) is 0 Å². The smallest absolute Gasteiger partial charge is 0.119 e. The molecular weight excluding hydrogens is 198 g/mol. The summed E-state index contributed by atoms with van der Waals surface area (Å²) in [6, 6.07) is 10.4.